The molecule has 5 nitrogen and oxygen atoms in total. The molecule has 3 amide bonds. The fourth-order valence-corrected chi connectivity index (χ4v) is 4.66. The average molecular weight is 398 g/mol. The minimum Gasteiger partial charge on any atom is -0.315 e. The summed E-state index contributed by atoms with van der Waals surface area (Å²) >= 11 is 0. The van der Waals surface area contributed by atoms with Gasteiger partial charge in [0.25, 0.3) is 5.91 Å². The van der Waals surface area contributed by atoms with Crippen molar-refractivity contribution in [2.24, 2.45) is 0 Å². The van der Waals surface area contributed by atoms with E-state index in [9.17, 15) is 9.59 Å². The van der Waals surface area contributed by atoms with Gasteiger partial charge in [0.15, 0.2) is 12.2 Å². The van der Waals surface area contributed by atoms with E-state index in [1.807, 2.05) is 66.7 Å². The second-order valence-electron chi connectivity index (χ2n) is 8.00. The average Bonchev–Trinajstić information content (AvgIpc) is 3.06. The molecule has 1 saturated heterocycles. The quantitative estimate of drug-likeness (QED) is 0.662. The fraction of sp³-hybridized carbons (Fsp3) is 0.200. The summed E-state index contributed by atoms with van der Waals surface area (Å²) < 4.78 is 0. The molecule has 0 aromatic heterocycles. The number of amides is 3. The molecule has 2 aliphatic heterocycles. The Morgan fingerprint density at radius 2 is 1.37 bits per heavy atom. The van der Waals surface area contributed by atoms with E-state index in [1.54, 1.807) is 0 Å². The van der Waals surface area contributed by atoms with Crippen molar-refractivity contribution in [3.8, 4) is 0 Å². The van der Waals surface area contributed by atoms with E-state index in [0.29, 0.717) is 6.67 Å². The highest BCUT2D eigenvalue weighted by atomic mass is 16.2. The van der Waals surface area contributed by atoms with Gasteiger partial charge in [0.05, 0.1) is 6.54 Å². The molecule has 1 atom stereocenters. The number of rotatable bonds is 4. The SMILES string of the molecule is O=C1NC(c2ccccc2)(c2ccccc2)C(=O)N1C[NH+]1CCc2ccccc2C1. The Kier molecular flexibility index (Phi) is 4.60. The van der Waals surface area contributed by atoms with Crippen molar-refractivity contribution in [2.75, 3.05) is 13.2 Å². The standard InChI is InChI=1S/C25H23N3O2/c29-23-25(21-11-3-1-4-12-21,22-13-5-2-6-14-22)26-24(30)28(23)18-27-16-15-19-9-7-8-10-20(19)17-27/h1-14H,15-18H2,(H,26,30)/p+1. The van der Waals surface area contributed by atoms with E-state index in [4.69, 9.17) is 0 Å². The third-order valence-electron chi connectivity index (χ3n) is 6.21. The van der Waals surface area contributed by atoms with Crippen LogP contribution in [0.5, 0.6) is 0 Å². The van der Waals surface area contributed by atoms with Crippen LogP contribution in [-0.4, -0.2) is 30.1 Å². The van der Waals surface area contributed by atoms with Crippen LogP contribution in [0.15, 0.2) is 84.9 Å². The van der Waals surface area contributed by atoms with E-state index in [2.05, 4.69) is 23.5 Å². The second-order valence-corrected chi connectivity index (χ2v) is 8.00. The van der Waals surface area contributed by atoms with E-state index in [1.165, 1.54) is 20.9 Å². The van der Waals surface area contributed by atoms with Crippen LogP contribution in [0.2, 0.25) is 0 Å². The van der Waals surface area contributed by atoms with Crippen molar-refractivity contribution >= 4 is 11.9 Å². The summed E-state index contributed by atoms with van der Waals surface area (Å²) in [5.41, 5.74) is 3.02. The molecule has 3 aromatic rings. The smallest absolute Gasteiger partial charge is 0.315 e. The van der Waals surface area contributed by atoms with Crippen LogP contribution in [-0.2, 0) is 23.3 Å². The Bertz CT molecular complexity index is 1040. The number of urea groups is 1. The molecule has 2 N–H and O–H groups in total. The molecule has 0 radical (unpaired) electrons. The van der Waals surface area contributed by atoms with Crippen LogP contribution in [0, 0.1) is 0 Å². The molecule has 2 heterocycles. The van der Waals surface area contributed by atoms with Crippen molar-refractivity contribution < 1.29 is 14.5 Å². The zero-order valence-corrected chi connectivity index (χ0v) is 16.7. The number of fused-ring (bicyclic) bond motifs is 1. The number of hydrogen-bond donors (Lipinski definition) is 2. The van der Waals surface area contributed by atoms with Gasteiger partial charge in [-0.15, -0.1) is 0 Å². The fourth-order valence-electron chi connectivity index (χ4n) is 4.66. The van der Waals surface area contributed by atoms with Crippen molar-refractivity contribution in [3.05, 3.63) is 107 Å². The summed E-state index contributed by atoms with van der Waals surface area (Å²) in [6.07, 6.45) is 0.956. The van der Waals surface area contributed by atoms with Gasteiger partial charge >= 0.3 is 6.03 Å². The topological polar surface area (TPSA) is 53.9 Å². The number of nitrogens with zero attached hydrogens (tertiary/aromatic N) is 1. The molecule has 0 bridgehead atoms. The van der Waals surface area contributed by atoms with Crippen molar-refractivity contribution in [1.29, 1.82) is 0 Å². The molecular formula is C25H24N3O2+. The zero-order chi connectivity index (χ0) is 20.6. The molecule has 0 spiro atoms. The molecular weight excluding hydrogens is 374 g/mol. The summed E-state index contributed by atoms with van der Waals surface area (Å²) in [5, 5.41) is 3.03. The molecule has 5 heteroatoms. The normalized spacial score (nSPS) is 20.0. The maximum absolute atomic E-state index is 13.8. The summed E-state index contributed by atoms with van der Waals surface area (Å²) in [6, 6.07) is 27.1. The Morgan fingerprint density at radius 3 is 2.00 bits per heavy atom. The summed E-state index contributed by atoms with van der Waals surface area (Å²) in [5.74, 6) is -0.212. The van der Waals surface area contributed by atoms with E-state index in [0.717, 1.165) is 30.6 Å². The first-order valence-corrected chi connectivity index (χ1v) is 10.3. The Morgan fingerprint density at radius 1 is 0.800 bits per heavy atom. The van der Waals surface area contributed by atoms with E-state index < -0.39 is 5.54 Å². The molecule has 0 saturated carbocycles. The Balaban J connectivity index is 1.48. The highest BCUT2D eigenvalue weighted by Gasteiger charge is 2.54. The predicted molar refractivity (Wildman–Crippen MR) is 114 cm³/mol. The van der Waals surface area contributed by atoms with Gasteiger partial charge in [0.1, 0.15) is 6.54 Å². The number of hydrogen-bond acceptors (Lipinski definition) is 2. The van der Waals surface area contributed by atoms with Gasteiger partial charge in [-0.25, -0.2) is 9.69 Å². The number of quaternary nitrogens is 1. The minimum atomic E-state index is -1.19. The minimum absolute atomic E-state index is 0.212. The largest absolute Gasteiger partial charge is 0.330 e. The van der Waals surface area contributed by atoms with Crippen LogP contribution in [0.25, 0.3) is 0 Å². The van der Waals surface area contributed by atoms with Crippen LogP contribution in [0.1, 0.15) is 22.3 Å². The van der Waals surface area contributed by atoms with Crippen LogP contribution in [0.3, 0.4) is 0 Å². The van der Waals surface area contributed by atoms with Crippen LogP contribution < -0.4 is 10.2 Å². The summed E-state index contributed by atoms with van der Waals surface area (Å²) in [7, 11) is 0. The maximum atomic E-state index is 13.8. The van der Waals surface area contributed by atoms with Crippen LogP contribution >= 0.6 is 0 Å². The van der Waals surface area contributed by atoms with Gasteiger partial charge in [-0.05, 0) is 16.7 Å². The lowest BCUT2D eigenvalue weighted by Crippen LogP contribution is -3.13. The number of imide groups is 1. The molecule has 2 aliphatic rings. The predicted octanol–water partition coefficient (Wildman–Crippen LogP) is 2.08. The van der Waals surface area contributed by atoms with E-state index in [-0.39, 0.29) is 11.9 Å². The van der Waals surface area contributed by atoms with Gasteiger partial charge in [0.2, 0.25) is 0 Å². The molecule has 5 rings (SSSR count). The highest BCUT2D eigenvalue weighted by Crippen LogP contribution is 2.35. The van der Waals surface area contributed by atoms with Gasteiger partial charge in [-0.2, -0.15) is 0 Å². The lowest BCUT2D eigenvalue weighted by atomic mass is 9.83. The van der Waals surface area contributed by atoms with Gasteiger partial charge < -0.3 is 10.2 Å². The van der Waals surface area contributed by atoms with Crippen molar-refractivity contribution in [1.82, 2.24) is 10.2 Å². The molecule has 30 heavy (non-hydrogen) atoms. The van der Waals surface area contributed by atoms with Gasteiger partial charge in [-0.1, -0.05) is 84.9 Å². The Hall–Kier alpha value is -3.44. The lowest BCUT2D eigenvalue weighted by molar-refractivity contribution is -0.923. The zero-order valence-electron chi connectivity index (χ0n) is 16.7. The number of benzene rings is 3. The molecule has 1 fully saturated rings. The van der Waals surface area contributed by atoms with Gasteiger partial charge in [-0.3, -0.25) is 4.79 Å². The third kappa shape index (κ3) is 2.99. The summed E-state index contributed by atoms with van der Waals surface area (Å²) in [4.78, 5) is 29.4. The number of carbonyl (C=O) groups excluding carboxylic acids is 2. The lowest BCUT2D eigenvalue weighted by Gasteiger charge is -2.30. The number of nitrogens with one attached hydrogen (secondary N) is 2. The number of carbonyl (C=O) groups is 2. The molecule has 150 valence electrons. The van der Waals surface area contributed by atoms with Crippen LogP contribution in [0.4, 0.5) is 4.79 Å². The highest BCUT2D eigenvalue weighted by molar-refractivity contribution is 6.09. The Labute approximate surface area is 175 Å². The summed E-state index contributed by atoms with van der Waals surface area (Å²) in [6.45, 7) is 2.08. The first-order chi connectivity index (χ1) is 14.7. The van der Waals surface area contributed by atoms with E-state index >= 15 is 0 Å². The first kappa shape index (κ1) is 18.6. The monoisotopic (exact) mass is 398 g/mol. The first-order valence-electron chi connectivity index (χ1n) is 10.3. The second kappa shape index (κ2) is 7.43. The third-order valence-corrected chi connectivity index (χ3v) is 6.21. The van der Waals surface area contributed by atoms with Gasteiger partial charge in [0, 0.05) is 12.0 Å². The molecule has 1 unspecified atom stereocenters. The van der Waals surface area contributed by atoms with Crippen molar-refractivity contribution in [3.63, 3.8) is 0 Å². The van der Waals surface area contributed by atoms with Crippen molar-refractivity contribution in [2.45, 2.75) is 18.5 Å². The molecule has 0 aliphatic carbocycles. The molecule has 3 aromatic carbocycles. The maximum Gasteiger partial charge on any atom is 0.330 e.